The van der Waals surface area contributed by atoms with E-state index in [0.29, 0.717) is 17.8 Å². The molecule has 1 aliphatic heterocycles. The largest absolute Gasteiger partial charge is 0.337 e. The van der Waals surface area contributed by atoms with Gasteiger partial charge in [-0.15, -0.1) is 11.8 Å². The second kappa shape index (κ2) is 6.94. The molecule has 2 heterocycles. The van der Waals surface area contributed by atoms with Gasteiger partial charge in [0.05, 0.1) is 11.4 Å². The summed E-state index contributed by atoms with van der Waals surface area (Å²) in [6.45, 7) is 4.33. The summed E-state index contributed by atoms with van der Waals surface area (Å²) in [5.74, 6) is 1.65. The molecule has 0 unspecified atom stereocenters. The molecule has 0 bridgehead atoms. The number of carbonyl (C=O) groups excluding carboxylic acids is 1. The van der Waals surface area contributed by atoms with Gasteiger partial charge < -0.3 is 4.90 Å². The Kier molecular flexibility index (Phi) is 5.25. The van der Waals surface area contributed by atoms with Crippen molar-refractivity contribution in [3.63, 3.8) is 0 Å². The maximum Gasteiger partial charge on any atom is 0.233 e. The van der Waals surface area contributed by atoms with Crippen LogP contribution in [0.3, 0.4) is 0 Å². The fourth-order valence-corrected chi connectivity index (χ4v) is 3.52. The number of carbonyl (C=O) groups is 1. The third-order valence-corrected chi connectivity index (χ3v) is 4.63. The number of hydrogen-bond donors (Lipinski definition) is 0. The van der Waals surface area contributed by atoms with Crippen LogP contribution < -0.4 is 0 Å². The van der Waals surface area contributed by atoms with Crippen molar-refractivity contribution in [1.82, 2.24) is 9.88 Å². The molecule has 1 fully saturated rings. The van der Waals surface area contributed by atoms with Crippen LogP contribution >= 0.6 is 11.8 Å². The summed E-state index contributed by atoms with van der Waals surface area (Å²) in [5, 5.41) is 0. The number of amides is 1. The highest BCUT2D eigenvalue weighted by Crippen LogP contribution is 2.23. The SMILES string of the molecule is C[C@H]1CCC[C@H](C)N1C(=O)CSCc1ccccn1. The minimum absolute atomic E-state index is 0.278. The van der Waals surface area contributed by atoms with Gasteiger partial charge in [-0.05, 0) is 45.2 Å². The predicted molar refractivity (Wildman–Crippen MR) is 80.0 cm³/mol. The Morgan fingerprint density at radius 1 is 1.37 bits per heavy atom. The van der Waals surface area contributed by atoms with Gasteiger partial charge in [-0.2, -0.15) is 0 Å². The minimum atomic E-state index is 0.278. The van der Waals surface area contributed by atoms with Gasteiger partial charge in [0.1, 0.15) is 0 Å². The summed E-state index contributed by atoms with van der Waals surface area (Å²) < 4.78 is 0. The lowest BCUT2D eigenvalue weighted by atomic mass is 9.98. The first-order valence-corrected chi connectivity index (χ1v) is 8.12. The zero-order valence-corrected chi connectivity index (χ0v) is 12.5. The average Bonchev–Trinajstić information content (AvgIpc) is 2.40. The highest BCUT2D eigenvalue weighted by atomic mass is 32.2. The van der Waals surface area contributed by atoms with Crippen LogP contribution in [0.4, 0.5) is 0 Å². The normalized spacial score (nSPS) is 23.4. The van der Waals surface area contributed by atoms with Crippen LogP contribution in [-0.4, -0.2) is 33.6 Å². The van der Waals surface area contributed by atoms with E-state index in [1.807, 2.05) is 18.2 Å². The number of nitrogens with zero attached hydrogens (tertiary/aromatic N) is 2. The number of aromatic nitrogens is 1. The Morgan fingerprint density at radius 2 is 2.11 bits per heavy atom. The van der Waals surface area contributed by atoms with Gasteiger partial charge in [-0.25, -0.2) is 0 Å². The fourth-order valence-electron chi connectivity index (χ4n) is 2.71. The monoisotopic (exact) mass is 278 g/mol. The van der Waals surface area contributed by atoms with Crippen LogP contribution in [0.25, 0.3) is 0 Å². The zero-order valence-electron chi connectivity index (χ0n) is 11.7. The lowest BCUT2D eigenvalue weighted by molar-refractivity contribution is -0.134. The van der Waals surface area contributed by atoms with E-state index in [1.165, 1.54) is 6.42 Å². The Morgan fingerprint density at radius 3 is 2.74 bits per heavy atom. The maximum absolute atomic E-state index is 12.3. The van der Waals surface area contributed by atoms with Crippen LogP contribution in [0.2, 0.25) is 0 Å². The third-order valence-electron chi connectivity index (χ3n) is 3.68. The molecule has 0 aromatic carbocycles. The van der Waals surface area contributed by atoms with Gasteiger partial charge >= 0.3 is 0 Å². The number of rotatable bonds is 4. The quantitative estimate of drug-likeness (QED) is 0.848. The van der Waals surface area contributed by atoms with Crippen molar-refractivity contribution < 1.29 is 4.79 Å². The molecule has 0 radical (unpaired) electrons. The standard InChI is InChI=1S/C15H22N2OS/c1-12-6-5-7-13(2)17(12)15(18)11-19-10-14-8-3-4-9-16-14/h3-4,8-9,12-13H,5-7,10-11H2,1-2H3/t12-,13-/m0/s1. The van der Waals surface area contributed by atoms with E-state index < -0.39 is 0 Å². The van der Waals surface area contributed by atoms with Gasteiger partial charge in [0.15, 0.2) is 0 Å². The van der Waals surface area contributed by atoms with Crippen LogP contribution in [0, 0.1) is 0 Å². The number of piperidine rings is 1. The second-order valence-electron chi connectivity index (χ2n) is 5.24. The topological polar surface area (TPSA) is 33.2 Å². The molecule has 2 atom stereocenters. The van der Waals surface area contributed by atoms with Crippen LogP contribution in [0.1, 0.15) is 38.8 Å². The molecule has 1 saturated heterocycles. The van der Waals surface area contributed by atoms with E-state index in [2.05, 4.69) is 23.7 Å². The van der Waals surface area contributed by atoms with E-state index in [0.717, 1.165) is 24.3 Å². The summed E-state index contributed by atoms with van der Waals surface area (Å²) in [6, 6.07) is 6.69. The molecule has 0 N–H and O–H groups in total. The minimum Gasteiger partial charge on any atom is -0.337 e. The molecule has 0 saturated carbocycles. The number of likely N-dealkylation sites (tertiary alicyclic amines) is 1. The molecule has 3 nitrogen and oxygen atoms in total. The van der Waals surface area contributed by atoms with E-state index in [4.69, 9.17) is 0 Å². The van der Waals surface area contributed by atoms with E-state index >= 15 is 0 Å². The fraction of sp³-hybridized carbons (Fsp3) is 0.600. The van der Waals surface area contributed by atoms with E-state index in [9.17, 15) is 4.79 Å². The van der Waals surface area contributed by atoms with Crippen molar-refractivity contribution in [2.24, 2.45) is 0 Å². The van der Waals surface area contributed by atoms with Crippen LogP contribution in [-0.2, 0) is 10.5 Å². The molecule has 0 spiro atoms. The predicted octanol–water partition coefficient (Wildman–Crippen LogP) is 3.10. The van der Waals surface area contributed by atoms with Crippen molar-refractivity contribution in [2.75, 3.05) is 5.75 Å². The van der Waals surface area contributed by atoms with E-state index in [1.54, 1.807) is 18.0 Å². The highest BCUT2D eigenvalue weighted by Gasteiger charge is 2.28. The Balaban J connectivity index is 1.80. The van der Waals surface area contributed by atoms with Gasteiger partial charge in [0.25, 0.3) is 0 Å². The summed E-state index contributed by atoms with van der Waals surface area (Å²) in [5.41, 5.74) is 1.04. The van der Waals surface area contributed by atoms with Crippen LogP contribution in [0.15, 0.2) is 24.4 Å². The van der Waals surface area contributed by atoms with Gasteiger partial charge in [0, 0.05) is 24.0 Å². The van der Waals surface area contributed by atoms with Crippen molar-refractivity contribution in [3.8, 4) is 0 Å². The first-order chi connectivity index (χ1) is 9.18. The first kappa shape index (κ1) is 14.4. The lowest BCUT2D eigenvalue weighted by Crippen LogP contribution is -2.48. The lowest BCUT2D eigenvalue weighted by Gasteiger charge is -2.39. The molecule has 0 aliphatic carbocycles. The summed E-state index contributed by atoms with van der Waals surface area (Å²) in [4.78, 5) is 18.6. The molecular weight excluding hydrogens is 256 g/mol. The summed E-state index contributed by atoms with van der Waals surface area (Å²) in [6.07, 6.45) is 5.32. The summed E-state index contributed by atoms with van der Waals surface area (Å²) >= 11 is 1.66. The maximum atomic E-state index is 12.3. The summed E-state index contributed by atoms with van der Waals surface area (Å²) in [7, 11) is 0. The Hall–Kier alpha value is -1.03. The molecule has 1 aromatic rings. The van der Waals surface area contributed by atoms with E-state index in [-0.39, 0.29) is 5.91 Å². The molecule has 1 aliphatic rings. The molecule has 2 rings (SSSR count). The van der Waals surface area contributed by atoms with Gasteiger partial charge in [-0.3, -0.25) is 9.78 Å². The molecule has 1 aromatic heterocycles. The molecule has 4 heteroatoms. The number of thioether (sulfide) groups is 1. The molecule has 104 valence electrons. The zero-order chi connectivity index (χ0) is 13.7. The van der Waals surface area contributed by atoms with Crippen molar-refractivity contribution >= 4 is 17.7 Å². The highest BCUT2D eigenvalue weighted by molar-refractivity contribution is 7.99. The third kappa shape index (κ3) is 3.96. The van der Waals surface area contributed by atoms with Gasteiger partial charge in [-0.1, -0.05) is 6.07 Å². The van der Waals surface area contributed by atoms with Gasteiger partial charge in [0.2, 0.25) is 5.91 Å². The first-order valence-electron chi connectivity index (χ1n) is 6.97. The molecular formula is C15H22N2OS. The number of pyridine rings is 1. The average molecular weight is 278 g/mol. The smallest absolute Gasteiger partial charge is 0.233 e. The Bertz CT molecular complexity index is 400. The van der Waals surface area contributed by atoms with Crippen molar-refractivity contribution in [1.29, 1.82) is 0 Å². The van der Waals surface area contributed by atoms with Crippen molar-refractivity contribution in [3.05, 3.63) is 30.1 Å². The second-order valence-corrected chi connectivity index (χ2v) is 6.23. The van der Waals surface area contributed by atoms with Crippen molar-refractivity contribution in [2.45, 2.75) is 50.9 Å². The van der Waals surface area contributed by atoms with Crippen LogP contribution in [0.5, 0.6) is 0 Å². The Labute approximate surface area is 119 Å². The number of hydrogen-bond acceptors (Lipinski definition) is 3. The molecule has 1 amide bonds. The molecule has 19 heavy (non-hydrogen) atoms.